The number of aliphatic hydroxyl groups is 1. The van der Waals surface area contributed by atoms with Gasteiger partial charge in [-0.25, -0.2) is 4.98 Å². The maximum Gasteiger partial charge on any atom is 0.135 e. The summed E-state index contributed by atoms with van der Waals surface area (Å²) in [7, 11) is 0. The van der Waals surface area contributed by atoms with Crippen LogP contribution in [0.25, 0.3) is 0 Å². The molecule has 0 aliphatic carbocycles. The molecule has 0 fully saturated rings. The van der Waals surface area contributed by atoms with Crippen molar-refractivity contribution in [2.75, 3.05) is 0 Å². The highest BCUT2D eigenvalue weighted by atomic mass is 16.3. The Morgan fingerprint density at radius 3 is 2.62 bits per heavy atom. The lowest BCUT2D eigenvalue weighted by Crippen LogP contribution is -2.07. The number of rotatable bonds is 5. The fraction of sp³-hybridized carbons (Fsp3) is 0.700. The van der Waals surface area contributed by atoms with Crippen molar-refractivity contribution in [1.82, 2.24) is 9.97 Å². The van der Waals surface area contributed by atoms with E-state index in [1.807, 2.05) is 0 Å². The third-order valence-electron chi connectivity index (χ3n) is 2.55. The van der Waals surface area contributed by atoms with Crippen LogP contribution in [-0.4, -0.2) is 15.1 Å². The molecule has 0 aromatic carbocycles. The molecule has 2 N–H and O–H groups in total. The van der Waals surface area contributed by atoms with Crippen molar-refractivity contribution in [2.45, 2.75) is 39.2 Å². The molecule has 1 rings (SSSR count). The number of aliphatic hydroxyl groups excluding tert-OH is 1. The zero-order valence-electron chi connectivity index (χ0n) is 8.33. The second kappa shape index (κ2) is 5.02. The summed E-state index contributed by atoms with van der Waals surface area (Å²) in [5, 5.41) is 9.75. The minimum absolute atomic E-state index is 0.431. The predicted molar refractivity (Wildman–Crippen MR) is 52.2 cm³/mol. The third-order valence-corrected chi connectivity index (χ3v) is 2.55. The average molecular weight is 182 g/mol. The van der Waals surface area contributed by atoms with E-state index in [1.165, 1.54) is 0 Å². The van der Waals surface area contributed by atoms with Gasteiger partial charge in [-0.05, 0) is 12.3 Å². The summed E-state index contributed by atoms with van der Waals surface area (Å²) >= 11 is 0. The molecule has 0 saturated heterocycles. The van der Waals surface area contributed by atoms with Crippen LogP contribution < -0.4 is 0 Å². The van der Waals surface area contributed by atoms with E-state index < -0.39 is 6.10 Å². The van der Waals surface area contributed by atoms with Crippen molar-refractivity contribution in [3.05, 3.63) is 18.2 Å². The first-order chi connectivity index (χ1) is 6.27. The minimum atomic E-state index is -0.431. The summed E-state index contributed by atoms with van der Waals surface area (Å²) in [5.41, 5.74) is 0. The van der Waals surface area contributed by atoms with E-state index >= 15 is 0 Å². The Morgan fingerprint density at radius 2 is 2.15 bits per heavy atom. The summed E-state index contributed by atoms with van der Waals surface area (Å²) in [4.78, 5) is 6.96. The lowest BCUT2D eigenvalue weighted by Gasteiger charge is -2.15. The number of hydrogen-bond donors (Lipinski definition) is 2. The number of nitrogens with one attached hydrogen (secondary N) is 1. The Kier molecular flexibility index (Phi) is 3.96. The molecule has 1 aromatic heterocycles. The number of aromatic nitrogens is 2. The first-order valence-electron chi connectivity index (χ1n) is 4.95. The molecule has 0 spiro atoms. The Bertz CT molecular complexity index is 217. The van der Waals surface area contributed by atoms with Crippen LogP contribution in [0.5, 0.6) is 0 Å². The molecule has 74 valence electrons. The molecular weight excluding hydrogens is 164 g/mol. The van der Waals surface area contributed by atoms with Crippen LogP contribution in [0.15, 0.2) is 12.4 Å². The van der Waals surface area contributed by atoms with Gasteiger partial charge in [-0.2, -0.15) is 0 Å². The van der Waals surface area contributed by atoms with Crippen LogP contribution in [0.2, 0.25) is 0 Å². The Hall–Kier alpha value is -0.830. The zero-order chi connectivity index (χ0) is 9.68. The second-order valence-electron chi connectivity index (χ2n) is 3.41. The number of imidazole rings is 1. The summed E-state index contributed by atoms with van der Waals surface area (Å²) in [6.07, 6.45) is 6.03. The highest BCUT2D eigenvalue weighted by molar-refractivity contribution is 4.92. The van der Waals surface area contributed by atoms with Crippen molar-refractivity contribution in [3.63, 3.8) is 0 Å². The summed E-state index contributed by atoms with van der Waals surface area (Å²) in [5.74, 6) is 1.28. The van der Waals surface area contributed by atoms with Crippen LogP contribution in [0.4, 0.5) is 0 Å². The van der Waals surface area contributed by atoms with Gasteiger partial charge in [0.1, 0.15) is 11.9 Å². The number of aromatic amines is 1. The Labute approximate surface area is 79.2 Å². The van der Waals surface area contributed by atoms with Crippen LogP contribution in [0.1, 0.15) is 45.0 Å². The molecule has 3 heteroatoms. The van der Waals surface area contributed by atoms with Gasteiger partial charge in [-0.1, -0.05) is 26.7 Å². The van der Waals surface area contributed by atoms with Gasteiger partial charge >= 0.3 is 0 Å². The summed E-state index contributed by atoms with van der Waals surface area (Å²) in [6, 6.07) is 0. The van der Waals surface area contributed by atoms with Crippen molar-refractivity contribution in [2.24, 2.45) is 5.92 Å². The fourth-order valence-electron chi connectivity index (χ4n) is 1.51. The third kappa shape index (κ3) is 2.84. The minimum Gasteiger partial charge on any atom is -0.385 e. The first kappa shape index (κ1) is 10.3. The van der Waals surface area contributed by atoms with Gasteiger partial charge in [-0.15, -0.1) is 0 Å². The van der Waals surface area contributed by atoms with Gasteiger partial charge in [0.05, 0.1) is 0 Å². The van der Waals surface area contributed by atoms with Crippen molar-refractivity contribution >= 4 is 0 Å². The van der Waals surface area contributed by atoms with Crippen molar-refractivity contribution in [1.29, 1.82) is 0 Å². The molecule has 0 radical (unpaired) electrons. The monoisotopic (exact) mass is 182 g/mol. The number of hydrogen-bond acceptors (Lipinski definition) is 2. The Morgan fingerprint density at radius 1 is 1.46 bits per heavy atom. The molecule has 3 nitrogen and oxygen atoms in total. The normalized spacial score (nSPS) is 13.5. The molecule has 0 bridgehead atoms. The van der Waals surface area contributed by atoms with E-state index in [0.717, 1.165) is 19.3 Å². The lowest BCUT2D eigenvalue weighted by atomic mass is 9.96. The molecule has 13 heavy (non-hydrogen) atoms. The lowest BCUT2D eigenvalue weighted by molar-refractivity contribution is 0.133. The molecule has 1 aromatic rings. The van der Waals surface area contributed by atoms with Gasteiger partial charge < -0.3 is 10.1 Å². The van der Waals surface area contributed by atoms with Crippen molar-refractivity contribution < 1.29 is 5.11 Å². The van der Waals surface area contributed by atoms with Gasteiger partial charge in [0, 0.05) is 12.4 Å². The average Bonchev–Trinajstić information content (AvgIpc) is 2.66. The zero-order valence-corrected chi connectivity index (χ0v) is 8.33. The van der Waals surface area contributed by atoms with Crippen LogP contribution >= 0.6 is 0 Å². The maximum atomic E-state index is 9.75. The topological polar surface area (TPSA) is 48.9 Å². The molecule has 1 heterocycles. The summed E-state index contributed by atoms with van der Waals surface area (Å²) < 4.78 is 0. The van der Waals surface area contributed by atoms with Gasteiger partial charge in [0.25, 0.3) is 0 Å². The van der Waals surface area contributed by atoms with E-state index in [0.29, 0.717) is 11.7 Å². The van der Waals surface area contributed by atoms with E-state index in [4.69, 9.17) is 0 Å². The highest BCUT2D eigenvalue weighted by Gasteiger charge is 2.14. The van der Waals surface area contributed by atoms with Crippen LogP contribution in [0, 0.1) is 5.92 Å². The first-order valence-corrected chi connectivity index (χ1v) is 4.95. The molecular formula is C10H18N2O. The predicted octanol–water partition coefficient (Wildman–Crippen LogP) is 2.27. The standard InChI is InChI=1S/C10H18N2O/c1-3-8(4-2)7-9(13)10-11-5-6-12-10/h5-6,8-9,13H,3-4,7H2,1-2H3,(H,11,12). The molecule has 0 amide bonds. The molecule has 1 unspecified atom stereocenters. The number of H-pyrrole nitrogens is 1. The molecule has 0 aliphatic rings. The maximum absolute atomic E-state index is 9.75. The quantitative estimate of drug-likeness (QED) is 0.733. The second-order valence-corrected chi connectivity index (χ2v) is 3.41. The SMILES string of the molecule is CCC(CC)CC(O)c1ncc[nH]1. The van der Waals surface area contributed by atoms with E-state index in [2.05, 4.69) is 23.8 Å². The highest BCUT2D eigenvalue weighted by Crippen LogP contribution is 2.22. The van der Waals surface area contributed by atoms with E-state index in [9.17, 15) is 5.11 Å². The Balaban J connectivity index is 2.45. The van der Waals surface area contributed by atoms with Gasteiger partial charge in [0.15, 0.2) is 0 Å². The molecule has 1 atom stereocenters. The fourth-order valence-corrected chi connectivity index (χ4v) is 1.51. The van der Waals surface area contributed by atoms with E-state index in [-0.39, 0.29) is 0 Å². The largest absolute Gasteiger partial charge is 0.385 e. The smallest absolute Gasteiger partial charge is 0.135 e. The van der Waals surface area contributed by atoms with Crippen molar-refractivity contribution in [3.8, 4) is 0 Å². The van der Waals surface area contributed by atoms with E-state index in [1.54, 1.807) is 12.4 Å². The van der Waals surface area contributed by atoms with Gasteiger partial charge in [-0.3, -0.25) is 0 Å². The van der Waals surface area contributed by atoms with Gasteiger partial charge in [0.2, 0.25) is 0 Å². The van der Waals surface area contributed by atoms with Crippen LogP contribution in [0.3, 0.4) is 0 Å². The molecule has 0 aliphatic heterocycles. The van der Waals surface area contributed by atoms with Crippen LogP contribution in [-0.2, 0) is 0 Å². The number of nitrogens with zero attached hydrogens (tertiary/aromatic N) is 1. The summed E-state index contributed by atoms with van der Waals surface area (Å²) in [6.45, 7) is 4.31. The molecule has 0 saturated carbocycles.